The average Bonchev–Trinajstić information content (AvgIpc) is 3.15. The number of rotatable bonds is 6. The molecule has 1 heterocycles. The second kappa shape index (κ2) is 9.27. The first-order valence-corrected chi connectivity index (χ1v) is 9.32. The van der Waals surface area contributed by atoms with Crippen molar-refractivity contribution >= 4 is 17.7 Å². The van der Waals surface area contributed by atoms with E-state index in [-0.39, 0.29) is 18.7 Å². The highest BCUT2D eigenvalue weighted by Crippen LogP contribution is 2.28. The number of hydrogen-bond acceptors (Lipinski definition) is 5. The standard InChI is InChI=1S/C21H23FN2O5/c1-3-28-19-11-7-5-9-16(19)23-21(26)24-13-14(12-17(24)20(25)27-2)29-18-10-6-4-8-15(18)22/h4-11,14,17H,3,12-13H2,1-2H3,(H,23,26). The fourth-order valence-electron chi connectivity index (χ4n) is 3.22. The molecule has 29 heavy (non-hydrogen) atoms. The van der Waals surface area contributed by atoms with E-state index in [1.54, 1.807) is 36.4 Å². The molecule has 8 heteroatoms. The quantitative estimate of drug-likeness (QED) is 0.749. The van der Waals surface area contributed by atoms with Gasteiger partial charge in [0.05, 0.1) is 25.9 Å². The van der Waals surface area contributed by atoms with E-state index in [1.165, 1.54) is 24.1 Å². The molecular weight excluding hydrogens is 379 g/mol. The lowest BCUT2D eigenvalue weighted by Gasteiger charge is -2.23. The van der Waals surface area contributed by atoms with E-state index in [2.05, 4.69) is 5.32 Å². The van der Waals surface area contributed by atoms with Gasteiger partial charge in [0.15, 0.2) is 11.6 Å². The zero-order valence-corrected chi connectivity index (χ0v) is 16.3. The van der Waals surface area contributed by atoms with Gasteiger partial charge in [0.2, 0.25) is 0 Å². The van der Waals surface area contributed by atoms with Gasteiger partial charge in [-0.25, -0.2) is 14.0 Å². The summed E-state index contributed by atoms with van der Waals surface area (Å²) in [7, 11) is 1.26. The van der Waals surface area contributed by atoms with Crippen molar-refractivity contribution < 1.29 is 28.2 Å². The van der Waals surface area contributed by atoms with E-state index in [4.69, 9.17) is 14.2 Å². The SMILES string of the molecule is CCOc1ccccc1NC(=O)N1CC(Oc2ccccc2F)CC1C(=O)OC. The first kappa shape index (κ1) is 20.4. The molecule has 1 N–H and O–H groups in total. The zero-order chi connectivity index (χ0) is 20.8. The first-order valence-electron chi connectivity index (χ1n) is 9.32. The number of methoxy groups -OCH3 is 1. The van der Waals surface area contributed by atoms with E-state index in [0.717, 1.165) is 0 Å². The number of nitrogens with one attached hydrogen (secondary N) is 1. The molecule has 154 valence electrons. The molecule has 1 aliphatic rings. The highest BCUT2D eigenvalue weighted by molar-refractivity contribution is 5.94. The maximum Gasteiger partial charge on any atom is 0.328 e. The van der Waals surface area contributed by atoms with Gasteiger partial charge < -0.3 is 24.4 Å². The van der Waals surface area contributed by atoms with Gasteiger partial charge in [0, 0.05) is 6.42 Å². The monoisotopic (exact) mass is 402 g/mol. The molecular formula is C21H23FN2O5. The third-order valence-electron chi connectivity index (χ3n) is 4.56. The predicted octanol–water partition coefficient (Wildman–Crippen LogP) is 3.45. The van der Waals surface area contributed by atoms with Gasteiger partial charge >= 0.3 is 12.0 Å². The fraction of sp³-hybridized carbons (Fsp3) is 0.333. The number of halogens is 1. The number of amides is 2. The highest BCUT2D eigenvalue weighted by Gasteiger charge is 2.42. The van der Waals surface area contributed by atoms with Gasteiger partial charge in [-0.3, -0.25) is 0 Å². The van der Waals surface area contributed by atoms with E-state index in [9.17, 15) is 14.0 Å². The minimum Gasteiger partial charge on any atom is -0.492 e. The summed E-state index contributed by atoms with van der Waals surface area (Å²) < 4.78 is 29.9. The van der Waals surface area contributed by atoms with Crippen molar-refractivity contribution in [2.24, 2.45) is 0 Å². The molecule has 0 aromatic heterocycles. The molecule has 2 aromatic carbocycles. The average molecular weight is 402 g/mol. The van der Waals surface area contributed by atoms with Crippen LogP contribution in [-0.2, 0) is 9.53 Å². The number of esters is 1. The second-order valence-electron chi connectivity index (χ2n) is 6.46. The Bertz CT molecular complexity index is 876. The lowest BCUT2D eigenvalue weighted by atomic mass is 10.2. The summed E-state index contributed by atoms with van der Waals surface area (Å²) in [4.78, 5) is 26.4. The smallest absolute Gasteiger partial charge is 0.328 e. The Balaban J connectivity index is 1.76. The number of carbonyl (C=O) groups excluding carboxylic acids is 2. The third kappa shape index (κ3) is 4.77. The van der Waals surface area contributed by atoms with Gasteiger partial charge in [-0.2, -0.15) is 0 Å². The molecule has 0 bridgehead atoms. The van der Waals surface area contributed by atoms with Gasteiger partial charge in [-0.1, -0.05) is 24.3 Å². The van der Waals surface area contributed by atoms with Crippen LogP contribution in [0.4, 0.5) is 14.9 Å². The molecule has 2 aromatic rings. The number of ether oxygens (including phenoxy) is 3. The van der Waals surface area contributed by atoms with Crippen LogP contribution < -0.4 is 14.8 Å². The molecule has 2 atom stereocenters. The molecule has 0 radical (unpaired) electrons. The number of benzene rings is 2. The molecule has 1 aliphatic heterocycles. The van der Waals surface area contributed by atoms with Gasteiger partial charge in [-0.15, -0.1) is 0 Å². The van der Waals surface area contributed by atoms with Crippen molar-refractivity contribution in [1.82, 2.24) is 4.90 Å². The summed E-state index contributed by atoms with van der Waals surface area (Å²) in [5.74, 6) is -0.463. The Morgan fingerprint density at radius 3 is 2.52 bits per heavy atom. The topological polar surface area (TPSA) is 77.1 Å². The van der Waals surface area contributed by atoms with Crippen LogP contribution in [0.2, 0.25) is 0 Å². The Kier molecular flexibility index (Phi) is 6.54. The van der Waals surface area contributed by atoms with Crippen molar-refractivity contribution in [3.63, 3.8) is 0 Å². The number of urea groups is 1. The molecule has 2 unspecified atom stereocenters. The molecule has 1 fully saturated rings. The fourth-order valence-corrected chi connectivity index (χ4v) is 3.22. The lowest BCUT2D eigenvalue weighted by molar-refractivity contribution is -0.144. The Morgan fingerprint density at radius 1 is 1.14 bits per heavy atom. The Morgan fingerprint density at radius 2 is 1.83 bits per heavy atom. The minimum absolute atomic E-state index is 0.0741. The maximum absolute atomic E-state index is 13.9. The predicted molar refractivity (Wildman–Crippen MR) is 105 cm³/mol. The van der Waals surface area contributed by atoms with Crippen LogP contribution in [0.15, 0.2) is 48.5 Å². The van der Waals surface area contributed by atoms with Crippen molar-refractivity contribution in [3.05, 3.63) is 54.3 Å². The van der Waals surface area contributed by atoms with Crippen LogP contribution in [0, 0.1) is 5.82 Å². The van der Waals surface area contributed by atoms with Gasteiger partial charge in [-0.05, 0) is 31.2 Å². The largest absolute Gasteiger partial charge is 0.492 e. The summed E-state index contributed by atoms with van der Waals surface area (Å²) in [6.07, 6.45) is -0.356. The minimum atomic E-state index is -0.837. The number of carbonyl (C=O) groups is 2. The maximum atomic E-state index is 13.9. The van der Waals surface area contributed by atoms with Crippen LogP contribution in [0.25, 0.3) is 0 Å². The normalized spacial score (nSPS) is 18.2. The van der Waals surface area contributed by atoms with E-state index in [0.29, 0.717) is 18.0 Å². The number of nitrogens with zero attached hydrogens (tertiary/aromatic N) is 1. The van der Waals surface area contributed by atoms with E-state index < -0.39 is 30.0 Å². The zero-order valence-electron chi connectivity index (χ0n) is 16.3. The lowest BCUT2D eigenvalue weighted by Crippen LogP contribution is -2.43. The van der Waals surface area contributed by atoms with E-state index in [1.807, 2.05) is 6.92 Å². The van der Waals surface area contributed by atoms with Crippen molar-refractivity contribution in [3.8, 4) is 11.5 Å². The van der Waals surface area contributed by atoms with Crippen molar-refractivity contribution in [2.45, 2.75) is 25.5 Å². The summed E-state index contributed by atoms with van der Waals surface area (Å²) in [5, 5.41) is 2.77. The molecule has 2 amide bonds. The second-order valence-corrected chi connectivity index (χ2v) is 6.46. The molecule has 7 nitrogen and oxygen atoms in total. The van der Waals surface area contributed by atoms with Crippen molar-refractivity contribution in [1.29, 1.82) is 0 Å². The Hall–Kier alpha value is -3.29. The highest BCUT2D eigenvalue weighted by atomic mass is 19.1. The van der Waals surface area contributed by atoms with Crippen LogP contribution in [0.3, 0.4) is 0 Å². The molecule has 1 saturated heterocycles. The summed E-state index contributed by atoms with van der Waals surface area (Å²) >= 11 is 0. The van der Waals surface area contributed by atoms with Crippen molar-refractivity contribution in [2.75, 3.05) is 25.6 Å². The van der Waals surface area contributed by atoms with Crippen LogP contribution in [-0.4, -0.2) is 49.3 Å². The van der Waals surface area contributed by atoms with Crippen LogP contribution >= 0.6 is 0 Å². The van der Waals surface area contributed by atoms with Gasteiger partial charge in [0.25, 0.3) is 0 Å². The number of hydrogen-bond donors (Lipinski definition) is 1. The Labute approximate surface area is 168 Å². The molecule has 0 spiro atoms. The van der Waals surface area contributed by atoms with E-state index >= 15 is 0 Å². The number of likely N-dealkylation sites (tertiary alicyclic amines) is 1. The molecule has 0 aliphatic carbocycles. The van der Waals surface area contributed by atoms with Crippen LogP contribution in [0.5, 0.6) is 11.5 Å². The summed E-state index contributed by atoms with van der Waals surface area (Å²) in [5.41, 5.74) is 0.487. The first-order chi connectivity index (χ1) is 14.0. The summed E-state index contributed by atoms with van der Waals surface area (Å²) in [6.45, 7) is 2.40. The number of anilines is 1. The molecule has 0 saturated carbocycles. The molecule has 3 rings (SSSR count). The van der Waals surface area contributed by atoms with Crippen LogP contribution in [0.1, 0.15) is 13.3 Å². The number of para-hydroxylation sites is 3. The third-order valence-corrected chi connectivity index (χ3v) is 4.56. The van der Waals surface area contributed by atoms with Gasteiger partial charge in [0.1, 0.15) is 17.9 Å². The summed E-state index contributed by atoms with van der Waals surface area (Å²) in [6, 6.07) is 11.7.